The third-order valence-corrected chi connectivity index (χ3v) is 4.66. The average Bonchev–Trinajstić information content (AvgIpc) is 2.82. The number of esters is 1. The molecule has 0 aliphatic rings. The van der Waals surface area contributed by atoms with E-state index in [-0.39, 0.29) is 16.9 Å². The molecule has 0 aliphatic carbocycles. The molecule has 0 saturated carbocycles. The Morgan fingerprint density at radius 2 is 1.11 bits per heavy atom. The second-order valence-electron chi connectivity index (χ2n) is 8.91. The van der Waals surface area contributed by atoms with Gasteiger partial charge in [0.15, 0.2) is 0 Å². The normalized spacial score (nSPS) is 10.3. The first-order valence-electron chi connectivity index (χ1n) is 11.2. The molecule has 0 atom stereocenters. The average molecular weight is 495 g/mol. The smallest absolute Gasteiger partial charge is 0.338 e. The minimum absolute atomic E-state index is 0.131. The number of benzene rings is 3. The van der Waals surface area contributed by atoms with Gasteiger partial charge in [-0.1, -0.05) is 24.0 Å². The number of carbonyl (C=O) groups excluding carboxylic acids is 3. The minimum atomic E-state index is -0.743. The molecule has 0 fully saturated rings. The fourth-order valence-electron chi connectivity index (χ4n) is 3.19. The number of urea groups is 2. The fraction of sp³-hybridized carbons (Fsp3) is 0.138. The first kappa shape index (κ1) is 26.4. The Hall–Kier alpha value is -5.21. The lowest BCUT2D eigenvalue weighted by atomic mass is 10.1. The summed E-state index contributed by atoms with van der Waals surface area (Å²) in [5.41, 5.74) is 2.08. The van der Waals surface area contributed by atoms with Crippen molar-refractivity contribution in [3.63, 3.8) is 0 Å². The highest BCUT2D eigenvalue weighted by molar-refractivity contribution is 6.04. The van der Waals surface area contributed by atoms with E-state index in [1.807, 2.05) is 0 Å². The van der Waals surface area contributed by atoms with Crippen molar-refractivity contribution in [3.8, 4) is 24.7 Å². The van der Waals surface area contributed by atoms with Gasteiger partial charge in [-0.3, -0.25) is 0 Å². The number of hydrogen-bond acceptors (Lipinski definition) is 4. The Balaban J connectivity index is 1.82. The van der Waals surface area contributed by atoms with Crippen molar-refractivity contribution in [2.45, 2.75) is 26.4 Å². The molecular weight excluding hydrogens is 468 g/mol. The summed E-state index contributed by atoms with van der Waals surface area (Å²) in [4.78, 5) is 38.0. The van der Waals surface area contributed by atoms with Crippen LogP contribution in [0.2, 0.25) is 0 Å². The van der Waals surface area contributed by atoms with E-state index in [0.29, 0.717) is 22.5 Å². The summed E-state index contributed by atoms with van der Waals surface area (Å²) in [6.45, 7) is 5.21. The molecule has 0 spiro atoms. The predicted octanol–water partition coefficient (Wildman–Crippen LogP) is 5.89. The lowest BCUT2D eigenvalue weighted by Gasteiger charge is -2.20. The van der Waals surface area contributed by atoms with Crippen LogP contribution < -0.4 is 21.3 Å². The molecule has 0 unspecified atom stereocenters. The number of terminal acetylenes is 2. The first-order chi connectivity index (χ1) is 17.5. The fourth-order valence-corrected chi connectivity index (χ4v) is 3.19. The third-order valence-electron chi connectivity index (χ3n) is 4.66. The van der Waals surface area contributed by atoms with Crippen LogP contribution in [0.3, 0.4) is 0 Å². The largest absolute Gasteiger partial charge is 0.456 e. The van der Waals surface area contributed by atoms with Crippen LogP contribution >= 0.6 is 0 Å². The lowest BCUT2D eigenvalue weighted by Crippen LogP contribution is -2.25. The highest BCUT2D eigenvalue weighted by Gasteiger charge is 2.20. The van der Waals surface area contributed by atoms with E-state index < -0.39 is 23.6 Å². The second kappa shape index (κ2) is 11.5. The molecular formula is C29H26N4O4. The Labute approximate surface area is 215 Å². The van der Waals surface area contributed by atoms with Gasteiger partial charge in [0.05, 0.1) is 5.56 Å². The molecule has 0 bridgehead atoms. The van der Waals surface area contributed by atoms with Crippen molar-refractivity contribution in [2.24, 2.45) is 0 Å². The van der Waals surface area contributed by atoms with Crippen molar-refractivity contribution in [1.29, 1.82) is 0 Å². The van der Waals surface area contributed by atoms with Crippen LogP contribution in [-0.4, -0.2) is 23.6 Å². The topological polar surface area (TPSA) is 109 Å². The number of hydrogen-bond donors (Lipinski definition) is 4. The SMILES string of the molecule is C#Cc1cccc(NC(=O)Nc2cc(NC(=O)Nc3cccc(C#C)c3)cc(C(=O)OC(C)(C)C)c2)c1. The van der Waals surface area contributed by atoms with Gasteiger partial charge in [0.2, 0.25) is 0 Å². The summed E-state index contributed by atoms with van der Waals surface area (Å²) in [6.07, 6.45) is 10.8. The van der Waals surface area contributed by atoms with Crippen LogP contribution in [0.5, 0.6) is 0 Å². The zero-order chi connectivity index (χ0) is 27.0. The molecule has 0 heterocycles. The van der Waals surface area contributed by atoms with E-state index in [1.54, 1.807) is 69.3 Å². The van der Waals surface area contributed by atoms with Crippen LogP contribution in [0.15, 0.2) is 66.7 Å². The molecule has 3 aromatic carbocycles. The van der Waals surface area contributed by atoms with E-state index in [2.05, 4.69) is 33.1 Å². The molecule has 3 rings (SSSR count). The van der Waals surface area contributed by atoms with E-state index in [4.69, 9.17) is 17.6 Å². The highest BCUT2D eigenvalue weighted by atomic mass is 16.6. The van der Waals surface area contributed by atoms with Crippen molar-refractivity contribution >= 4 is 40.8 Å². The first-order valence-corrected chi connectivity index (χ1v) is 11.2. The molecule has 0 radical (unpaired) electrons. The summed E-state index contributed by atoms with van der Waals surface area (Å²) in [5.74, 6) is 4.38. The van der Waals surface area contributed by atoms with Gasteiger partial charge in [-0.2, -0.15) is 0 Å². The van der Waals surface area contributed by atoms with Crippen LogP contribution in [0.25, 0.3) is 0 Å². The van der Waals surface area contributed by atoms with E-state index in [0.717, 1.165) is 0 Å². The van der Waals surface area contributed by atoms with E-state index in [1.165, 1.54) is 18.2 Å². The van der Waals surface area contributed by atoms with Crippen LogP contribution in [0.4, 0.5) is 32.3 Å². The molecule has 8 nitrogen and oxygen atoms in total. The molecule has 0 aromatic heterocycles. The standard InChI is InChI=1S/C29H26N4O4/c1-6-19-10-8-12-22(14-19)30-27(35)32-24-16-21(26(34)37-29(3,4)5)17-25(18-24)33-28(36)31-23-13-9-11-20(7-2)15-23/h1-2,8-18H,3-5H3,(H2,30,32,35)(H2,31,33,36). The zero-order valence-corrected chi connectivity index (χ0v) is 20.6. The molecule has 0 aliphatic heterocycles. The number of nitrogens with one attached hydrogen (secondary N) is 4. The highest BCUT2D eigenvalue weighted by Crippen LogP contribution is 2.23. The molecule has 3 aromatic rings. The van der Waals surface area contributed by atoms with Gasteiger partial charge < -0.3 is 26.0 Å². The van der Waals surface area contributed by atoms with E-state index >= 15 is 0 Å². The van der Waals surface area contributed by atoms with Crippen molar-refractivity contribution < 1.29 is 19.1 Å². The van der Waals surface area contributed by atoms with Gasteiger partial charge in [-0.25, -0.2) is 14.4 Å². The Morgan fingerprint density at radius 3 is 1.51 bits per heavy atom. The monoisotopic (exact) mass is 494 g/mol. The molecule has 4 N–H and O–H groups in total. The zero-order valence-electron chi connectivity index (χ0n) is 20.6. The van der Waals surface area contributed by atoms with Crippen molar-refractivity contribution in [2.75, 3.05) is 21.3 Å². The van der Waals surface area contributed by atoms with Gasteiger partial charge in [-0.15, -0.1) is 12.8 Å². The molecule has 186 valence electrons. The van der Waals surface area contributed by atoms with Crippen molar-refractivity contribution in [1.82, 2.24) is 0 Å². The van der Waals surface area contributed by atoms with Crippen LogP contribution in [0, 0.1) is 24.7 Å². The maximum atomic E-state index is 12.7. The predicted molar refractivity (Wildman–Crippen MR) is 146 cm³/mol. The summed E-state index contributed by atoms with van der Waals surface area (Å²) in [5, 5.41) is 10.7. The maximum absolute atomic E-state index is 12.7. The molecule has 37 heavy (non-hydrogen) atoms. The van der Waals surface area contributed by atoms with Crippen LogP contribution in [-0.2, 0) is 4.74 Å². The van der Waals surface area contributed by atoms with Gasteiger partial charge in [0.1, 0.15) is 5.60 Å². The number of amides is 4. The van der Waals surface area contributed by atoms with Gasteiger partial charge in [0.25, 0.3) is 0 Å². The van der Waals surface area contributed by atoms with E-state index in [9.17, 15) is 14.4 Å². The Kier molecular flexibility index (Phi) is 8.19. The summed E-state index contributed by atoms with van der Waals surface area (Å²) in [6, 6.07) is 16.8. The quantitative estimate of drug-likeness (QED) is 0.262. The Bertz CT molecular complexity index is 1330. The van der Waals surface area contributed by atoms with Gasteiger partial charge in [0, 0.05) is 33.9 Å². The molecule has 0 saturated heterocycles. The number of rotatable bonds is 5. The van der Waals surface area contributed by atoms with Gasteiger partial charge in [-0.05, 0) is 75.4 Å². The molecule has 8 heteroatoms. The van der Waals surface area contributed by atoms with Crippen LogP contribution in [0.1, 0.15) is 42.3 Å². The number of ether oxygens (including phenoxy) is 1. The summed E-state index contributed by atoms with van der Waals surface area (Å²) < 4.78 is 5.45. The summed E-state index contributed by atoms with van der Waals surface area (Å²) in [7, 11) is 0. The second-order valence-corrected chi connectivity index (χ2v) is 8.91. The van der Waals surface area contributed by atoms with Gasteiger partial charge >= 0.3 is 18.0 Å². The summed E-state index contributed by atoms with van der Waals surface area (Å²) >= 11 is 0. The lowest BCUT2D eigenvalue weighted by molar-refractivity contribution is 0.00695. The third kappa shape index (κ3) is 8.20. The maximum Gasteiger partial charge on any atom is 0.338 e. The molecule has 4 amide bonds. The minimum Gasteiger partial charge on any atom is -0.456 e. The van der Waals surface area contributed by atoms with Crippen molar-refractivity contribution in [3.05, 3.63) is 83.4 Å². The Morgan fingerprint density at radius 1 is 0.676 bits per heavy atom. The number of anilines is 4. The number of carbonyl (C=O) groups is 3.